The van der Waals surface area contributed by atoms with Gasteiger partial charge in [-0.25, -0.2) is 0 Å². The predicted molar refractivity (Wildman–Crippen MR) is 83.7 cm³/mol. The van der Waals surface area contributed by atoms with Crippen LogP contribution in [0.2, 0.25) is 5.02 Å². The number of rotatable bonds is 5. The highest BCUT2D eigenvalue weighted by Gasteiger charge is 2.25. The summed E-state index contributed by atoms with van der Waals surface area (Å²) >= 11 is 5.98. The molecule has 1 aliphatic rings. The Morgan fingerprint density at radius 1 is 1.48 bits per heavy atom. The van der Waals surface area contributed by atoms with Gasteiger partial charge in [0.05, 0.1) is 5.56 Å². The molecule has 0 aliphatic carbocycles. The second-order valence-electron chi connectivity index (χ2n) is 5.08. The fraction of sp³-hybridized carbons (Fsp3) is 0.467. The standard InChI is InChI=1S/C15H20ClN3O2/c1-2-7-17-12-6-5-10(16)9-11(12)14(20)19-13-4-3-8-18-15(13)21/h5-6,9,13,17H,2-4,7-8H2,1H3,(H,18,21)(H,19,20). The highest BCUT2D eigenvalue weighted by atomic mass is 35.5. The Bertz CT molecular complexity index is 534. The van der Waals surface area contributed by atoms with Crippen molar-refractivity contribution in [1.29, 1.82) is 0 Å². The number of hydrogen-bond donors (Lipinski definition) is 3. The van der Waals surface area contributed by atoms with Crippen molar-refractivity contribution in [2.75, 3.05) is 18.4 Å². The van der Waals surface area contributed by atoms with Gasteiger partial charge in [-0.15, -0.1) is 0 Å². The molecule has 1 aromatic carbocycles. The summed E-state index contributed by atoms with van der Waals surface area (Å²) in [7, 11) is 0. The minimum Gasteiger partial charge on any atom is -0.384 e. The minimum atomic E-state index is -0.468. The van der Waals surface area contributed by atoms with E-state index < -0.39 is 6.04 Å². The van der Waals surface area contributed by atoms with Crippen LogP contribution in [-0.2, 0) is 4.79 Å². The molecule has 0 spiro atoms. The summed E-state index contributed by atoms with van der Waals surface area (Å²) in [5, 5.41) is 9.23. The second kappa shape index (κ2) is 7.31. The Hall–Kier alpha value is -1.75. The summed E-state index contributed by atoms with van der Waals surface area (Å²) in [5.41, 5.74) is 1.20. The zero-order valence-electron chi connectivity index (χ0n) is 12.0. The number of amides is 2. The Balaban J connectivity index is 2.13. The molecule has 6 heteroatoms. The number of carbonyl (C=O) groups is 2. The van der Waals surface area contributed by atoms with Crippen molar-refractivity contribution in [2.24, 2.45) is 0 Å². The van der Waals surface area contributed by atoms with Crippen molar-refractivity contribution in [2.45, 2.75) is 32.2 Å². The first-order chi connectivity index (χ1) is 10.1. The van der Waals surface area contributed by atoms with Crippen LogP contribution in [0.5, 0.6) is 0 Å². The maximum atomic E-state index is 12.4. The summed E-state index contributed by atoms with van der Waals surface area (Å²) in [5.74, 6) is -0.405. The summed E-state index contributed by atoms with van der Waals surface area (Å²) in [6.07, 6.45) is 2.48. The van der Waals surface area contributed by atoms with Crippen LogP contribution in [0.3, 0.4) is 0 Å². The van der Waals surface area contributed by atoms with E-state index in [1.165, 1.54) is 0 Å². The first-order valence-electron chi connectivity index (χ1n) is 7.24. The molecule has 1 heterocycles. The molecule has 0 radical (unpaired) electrons. The second-order valence-corrected chi connectivity index (χ2v) is 5.51. The number of hydrogen-bond acceptors (Lipinski definition) is 3. The number of anilines is 1. The number of halogens is 1. The van der Waals surface area contributed by atoms with Crippen LogP contribution in [0, 0.1) is 0 Å². The third kappa shape index (κ3) is 4.11. The van der Waals surface area contributed by atoms with E-state index in [-0.39, 0.29) is 11.8 Å². The monoisotopic (exact) mass is 309 g/mol. The molecule has 2 rings (SSSR count). The van der Waals surface area contributed by atoms with Gasteiger partial charge in [-0.1, -0.05) is 18.5 Å². The SMILES string of the molecule is CCCNc1ccc(Cl)cc1C(=O)NC1CCCNC1=O. The van der Waals surface area contributed by atoms with Crippen molar-refractivity contribution < 1.29 is 9.59 Å². The molecule has 0 saturated carbocycles. The molecule has 1 saturated heterocycles. The highest BCUT2D eigenvalue weighted by Crippen LogP contribution is 2.21. The van der Waals surface area contributed by atoms with Gasteiger partial charge in [0.1, 0.15) is 6.04 Å². The van der Waals surface area contributed by atoms with E-state index >= 15 is 0 Å². The molecule has 1 aromatic rings. The Kier molecular flexibility index (Phi) is 5.44. The smallest absolute Gasteiger partial charge is 0.254 e. The predicted octanol–water partition coefficient (Wildman–Crippen LogP) is 2.17. The molecule has 1 unspecified atom stereocenters. The van der Waals surface area contributed by atoms with Crippen LogP contribution in [0.4, 0.5) is 5.69 Å². The molecule has 2 amide bonds. The third-order valence-electron chi connectivity index (χ3n) is 3.38. The first-order valence-corrected chi connectivity index (χ1v) is 7.61. The fourth-order valence-electron chi connectivity index (χ4n) is 2.26. The van der Waals surface area contributed by atoms with Gasteiger partial charge in [-0.2, -0.15) is 0 Å². The maximum Gasteiger partial charge on any atom is 0.254 e. The Labute approximate surface area is 129 Å². The van der Waals surface area contributed by atoms with Gasteiger partial charge in [-0.05, 0) is 37.5 Å². The van der Waals surface area contributed by atoms with E-state index in [1.807, 2.05) is 0 Å². The minimum absolute atomic E-state index is 0.125. The van der Waals surface area contributed by atoms with E-state index in [2.05, 4.69) is 22.9 Å². The van der Waals surface area contributed by atoms with Gasteiger partial charge < -0.3 is 16.0 Å². The molecule has 114 valence electrons. The summed E-state index contributed by atoms with van der Waals surface area (Å²) < 4.78 is 0. The number of carbonyl (C=O) groups excluding carboxylic acids is 2. The van der Waals surface area contributed by atoms with E-state index in [9.17, 15) is 9.59 Å². The molecule has 3 N–H and O–H groups in total. The zero-order chi connectivity index (χ0) is 15.2. The maximum absolute atomic E-state index is 12.4. The van der Waals surface area contributed by atoms with E-state index in [0.717, 1.165) is 25.1 Å². The number of benzene rings is 1. The van der Waals surface area contributed by atoms with Crippen LogP contribution in [0.1, 0.15) is 36.5 Å². The Morgan fingerprint density at radius 3 is 3.00 bits per heavy atom. The van der Waals surface area contributed by atoms with Gasteiger partial charge in [0.15, 0.2) is 0 Å². The van der Waals surface area contributed by atoms with Gasteiger partial charge in [0.2, 0.25) is 5.91 Å². The molecular weight excluding hydrogens is 290 g/mol. The molecule has 1 aliphatic heterocycles. The van der Waals surface area contributed by atoms with Gasteiger partial charge in [0.25, 0.3) is 5.91 Å². The molecule has 0 bridgehead atoms. The molecule has 21 heavy (non-hydrogen) atoms. The van der Waals surface area contributed by atoms with Crippen molar-refractivity contribution in [3.05, 3.63) is 28.8 Å². The molecular formula is C15H20ClN3O2. The van der Waals surface area contributed by atoms with Gasteiger partial charge in [-0.3, -0.25) is 9.59 Å². The lowest BCUT2D eigenvalue weighted by atomic mass is 10.1. The average molecular weight is 310 g/mol. The number of piperidine rings is 1. The van der Waals surface area contributed by atoms with Crippen LogP contribution in [0.25, 0.3) is 0 Å². The van der Waals surface area contributed by atoms with E-state index in [0.29, 0.717) is 23.6 Å². The summed E-state index contributed by atoms with van der Waals surface area (Å²) in [6, 6.07) is 4.68. The van der Waals surface area contributed by atoms with Crippen molar-refractivity contribution in [1.82, 2.24) is 10.6 Å². The third-order valence-corrected chi connectivity index (χ3v) is 3.62. The normalized spacial score (nSPS) is 18.0. The largest absolute Gasteiger partial charge is 0.384 e. The summed E-state index contributed by atoms with van der Waals surface area (Å²) in [4.78, 5) is 24.1. The average Bonchev–Trinajstić information content (AvgIpc) is 2.48. The van der Waals surface area contributed by atoms with Crippen LogP contribution >= 0.6 is 11.6 Å². The highest BCUT2D eigenvalue weighted by molar-refractivity contribution is 6.31. The molecule has 1 fully saturated rings. The van der Waals surface area contributed by atoms with Crippen molar-refractivity contribution in [3.8, 4) is 0 Å². The van der Waals surface area contributed by atoms with Crippen molar-refractivity contribution >= 4 is 29.1 Å². The lowest BCUT2D eigenvalue weighted by Crippen LogP contribution is -2.50. The molecule has 0 aromatic heterocycles. The van der Waals surface area contributed by atoms with E-state index in [4.69, 9.17) is 11.6 Å². The quantitative estimate of drug-likeness (QED) is 0.780. The molecule has 1 atom stereocenters. The van der Waals surface area contributed by atoms with E-state index in [1.54, 1.807) is 18.2 Å². The first kappa shape index (κ1) is 15.6. The Morgan fingerprint density at radius 2 is 2.29 bits per heavy atom. The number of nitrogens with one attached hydrogen (secondary N) is 3. The summed E-state index contributed by atoms with van der Waals surface area (Å²) in [6.45, 7) is 3.49. The lowest BCUT2D eigenvalue weighted by Gasteiger charge is -2.23. The van der Waals surface area contributed by atoms with Gasteiger partial charge >= 0.3 is 0 Å². The van der Waals surface area contributed by atoms with Crippen molar-refractivity contribution in [3.63, 3.8) is 0 Å². The van der Waals surface area contributed by atoms with Crippen LogP contribution in [0.15, 0.2) is 18.2 Å². The fourth-order valence-corrected chi connectivity index (χ4v) is 2.44. The lowest BCUT2D eigenvalue weighted by molar-refractivity contribution is -0.124. The topological polar surface area (TPSA) is 70.2 Å². The zero-order valence-corrected chi connectivity index (χ0v) is 12.8. The van der Waals surface area contributed by atoms with Crippen LogP contribution < -0.4 is 16.0 Å². The van der Waals surface area contributed by atoms with Crippen LogP contribution in [-0.4, -0.2) is 30.9 Å². The molecule has 5 nitrogen and oxygen atoms in total. The van der Waals surface area contributed by atoms with Gasteiger partial charge in [0, 0.05) is 23.8 Å².